The van der Waals surface area contributed by atoms with Gasteiger partial charge in [0, 0.05) is 13.0 Å². The van der Waals surface area contributed by atoms with Crippen LogP contribution in [-0.4, -0.2) is 70.6 Å². The standard InChI is InChI=1S/C30H43N7O6/c1-18(2)15-25(29(42)43)37-28(41)24(17-19-7-4-3-5-8-19)36-27(40)23(9-6-14-34-30(32)33)35-26(39)22(31)16-20-10-12-21(38)13-11-20/h3-5,7-8,10-13,18,22-25,38H,6,9,14-17,31H2,1-2H3,(H,35,39)(H,36,40)(H,37,41)(H,42,43)(H4,32,33,34)/t22-,23+,24-,25-/m0/s1. The van der Waals surface area contributed by atoms with Crippen molar-refractivity contribution in [1.82, 2.24) is 16.0 Å². The van der Waals surface area contributed by atoms with E-state index in [0.717, 1.165) is 5.56 Å². The van der Waals surface area contributed by atoms with Gasteiger partial charge in [-0.1, -0.05) is 56.3 Å². The SMILES string of the molecule is CC(C)C[C@H](NC(=O)[C@H](Cc1ccccc1)NC(=O)[C@@H](CCCN=C(N)N)NC(=O)[C@@H](N)Cc1ccc(O)cc1)C(=O)O. The fourth-order valence-corrected chi connectivity index (χ4v) is 4.33. The summed E-state index contributed by atoms with van der Waals surface area (Å²) >= 11 is 0. The van der Waals surface area contributed by atoms with Crippen LogP contribution >= 0.6 is 0 Å². The molecule has 0 fully saturated rings. The maximum atomic E-state index is 13.6. The van der Waals surface area contributed by atoms with Gasteiger partial charge in [0.05, 0.1) is 6.04 Å². The maximum Gasteiger partial charge on any atom is 0.326 e. The summed E-state index contributed by atoms with van der Waals surface area (Å²) in [5.41, 5.74) is 18.4. The van der Waals surface area contributed by atoms with Crippen molar-refractivity contribution in [2.45, 2.75) is 70.1 Å². The lowest BCUT2D eigenvalue weighted by atomic mass is 10.0. The van der Waals surface area contributed by atoms with Gasteiger partial charge in [-0.2, -0.15) is 0 Å². The van der Waals surface area contributed by atoms with Gasteiger partial charge >= 0.3 is 5.97 Å². The highest BCUT2D eigenvalue weighted by Crippen LogP contribution is 2.12. The van der Waals surface area contributed by atoms with Crippen LogP contribution in [0.1, 0.15) is 44.2 Å². The molecule has 0 heterocycles. The second kappa shape index (κ2) is 17.3. The molecule has 0 spiro atoms. The lowest BCUT2D eigenvalue weighted by molar-refractivity contribution is -0.142. The van der Waals surface area contributed by atoms with Gasteiger partial charge in [-0.05, 0) is 54.9 Å². The first-order valence-electron chi connectivity index (χ1n) is 14.1. The zero-order valence-corrected chi connectivity index (χ0v) is 24.5. The minimum absolute atomic E-state index is 0.000779. The molecule has 0 unspecified atom stereocenters. The van der Waals surface area contributed by atoms with E-state index in [-0.39, 0.29) is 49.9 Å². The predicted octanol–water partition coefficient (Wildman–Crippen LogP) is 0.143. The summed E-state index contributed by atoms with van der Waals surface area (Å²) < 4.78 is 0. The molecule has 11 N–H and O–H groups in total. The number of nitrogens with zero attached hydrogens (tertiary/aromatic N) is 1. The number of amides is 3. The average molecular weight is 598 g/mol. The van der Waals surface area contributed by atoms with Crippen LogP contribution in [0.4, 0.5) is 0 Å². The van der Waals surface area contributed by atoms with E-state index >= 15 is 0 Å². The number of guanidine groups is 1. The van der Waals surface area contributed by atoms with Gasteiger partial charge in [0.15, 0.2) is 5.96 Å². The predicted molar refractivity (Wildman–Crippen MR) is 163 cm³/mol. The molecular formula is C30H43N7O6. The van der Waals surface area contributed by atoms with Crippen LogP contribution < -0.4 is 33.2 Å². The minimum Gasteiger partial charge on any atom is -0.508 e. The topological polar surface area (TPSA) is 235 Å². The summed E-state index contributed by atoms with van der Waals surface area (Å²) in [5.74, 6) is -3.13. The van der Waals surface area contributed by atoms with Crippen LogP contribution in [-0.2, 0) is 32.0 Å². The van der Waals surface area contributed by atoms with E-state index in [1.165, 1.54) is 12.1 Å². The molecule has 0 saturated heterocycles. The van der Waals surface area contributed by atoms with Crippen molar-refractivity contribution >= 4 is 29.7 Å². The Balaban J connectivity index is 2.24. The summed E-state index contributed by atoms with van der Waals surface area (Å²) in [6, 6.07) is 10.8. The lowest BCUT2D eigenvalue weighted by Crippen LogP contribution is -2.57. The van der Waals surface area contributed by atoms with Gasteiger partial charge in [-0.25, -0.2) is 4.79 Å². The average Bonchev–Trinajstić information content (AvgIpc) is 2.95. The summed E-state index contributed by atoms with van der Waals surface area (Å²) in [4.78, 5) is 55.6. The van der Waals surface area contributed by atoms with Gasteiger partial charge in [0.2, 0.25) is 17.7 Å². The number of rotatable bonds is 17. The Kier molecular flexibility index (Phi) is 13.9. The molecule has 43 heavy (non-hydrogen) atoms. The van der Waals surface area contributed by atoms with Gasteiger partial charge in [-0.15, -0.1) is 0 Å². The van der Waals surface area contributed by atoms with Gasteiger partial charge < -0.3 is 43.4 Å². The number of phenolic OH excluding ortho intramolecular Hbond substituents is 1. The number of carbonyl (C=O) groups is 4. The normalized spacial score (nSPS) is 13.7. The van der Waals surface area contributed by atoms with Crippen molar-refractivity contribution in [2.75, 3.05) is 6.54 Å². The molecule has 234 valence electrons. The Hall–Kier alpha value is -4.65. The Morgan fingerprint density at radius 1 is 0.791 bits per heavy atom. The Bertz CT molecular complexity index is 1230. The lowest BCUT2D eigenvalue weighted by Gasteiger charge is -2.26. The van der Waals surface area contributed by atoms with Crippen LogP contribution in [0.3, 0.4) is 0 Å². The Morgan fingerprint density at radius 2 is 1.35 bits per heavy atom. The smallest absolute Gasteiger partial charge is 0.326 e. The minimum atomic E-state index is -1.18. The molecular weight excluding hydrogens is 554 g/mol. The molecule has 0 radical (unpaired) electrons. The molecule has 3 amide bonds. The first-order chi connectivity index (χ1) is 20.3. The van der Waals surface area contributed by atoms with Gasteiger partial charge in [0.1, 0.15) is 23.9 Å². The van der Waals surface area contributed by atoms with Crippen LogP contribution in [0.15, 0.2) is 59.6 Å². The second-order valence-electron chi connectivity index (χ2n) is 10.8. The van der Waals surface area contributed by atoms with Crippen molar-refractivity contribution in [1.29, 1.82) is 0 Å². The summed E-state index contributed by atoms with van der Waals surface area (Å²) in [5, 5.41) is 27.0. The van der Waals surface area contributed by atoms with E-state index in [1.807, 2.05) is 19.9 Å². The molecule has 2 aromatic rings. The molecule has 13 nitrogen and oxygen atoms in total. The number of benzene rings is 2. The van der Waals surface area contributed by atoms with Crippen LogP contribution in [0.2, 0.25) is 0 Å². The molecule has 2 aromatic carbocycles. The number of hydrogen-bond acceptors (Lipinski definition) is 7. The number of carboxylic acid groups (broad SMARTS) is 1. The van der Waals surface area contributed by atoms with E-state index in [9.17, 15) is 29.4 Å². The second-order valence-corrected chi connectivity index (χ2v) is 10.8. The van der Waals surface area contributed by atoms with E-state index in [0.29, 0.717) is 12.0 Å². The van der Waals surface area contributed by atoms with Crippen LogP contribution in [0, 0.1) is 5.92 Å². The quantitative estimate of drug-likeness (QED) is 0.0702. The number of carboxylic acids is 1. The fourth-order valence-electron chi connectivity index (χ4n) is 4.33. The van der Waals surface area contributed by atoms with E-state index < -0.39 is 47.9 Å². The largest absolute Gasteiger partial charge is 0.508 e. The molecule has 2 rings (SSSR count). The molecule has 0 bridgehead atoms. The molecule has 0 aliphatic rings. The van der Waals surface area contributed by atoms with Gasteiger partial charge in [-0.3, -0.25) is 19.4 Å². The van der Waals surface area contributed by atoms with Gasteiger partial charge in [0.25, 0.3) is 0 Å². The number of carbonyl (C=O) groups excluding carboxylic acids is 3. The Morgan fingerprint density at radius 3 is 1.93 bits per heavy atom. The van der Waals surface area contributed by atoms with Crippen molar-refractivity contribution in [3.63, 3.8) is 0 Å². The number of aromatic hydroxyl groups is 1. The van der Waals surface area contributed by atoms with Crippen molar-refractivity contribution in [2.24, 2.45) is 28.1 Å². The third-order valence-corrected chi connectivity index (χ3v) is 6.54. The first kappa shape index (κ1) is 34.6. The van der Waals surface area contributed by atoms with E-state index in [4.69, 9.17) is 17.2 Å². The zero-order chi connectivity index (χ0) is 31.9. The van der Waals surface area contributed by atoms with Crippen molar-refractivity contribution in [3.05, 3.63) is 65.7 Å². The molecule has 0 aromatic heterocycles. The van der Waals surface area contributed by atoms with Crippen molar-refractivity contribution in [3.8, 4) is 5.75 Å². The monoisotopic (exact) mass is 597 g/mol. The molecule has 0 aliphatic carbocycles. The van der Waals surface area contributed by atoms with E-state index in [2.05, 4.69) is 20.9 Å². The highest BCUT2D eigenvalue weighted by atomic mass is 16.4. The number of phenols is 1. The van der Waals surface area contributed by atoms with Crippen molar-refractivity contribution < 1.29 is 29.4 Å². The number of hydrogen-bond donors (Lipinski definition) is 8. The number of aliphatic imine (C=N–C) groups is 1. The molecule has 13 heteroatoms. The molecule has 0 saturated carbocycles. The number of aliphatic carboxylic acids is 1. The first-order valence-corrected chi connectivity index (χ1v) is 14.1. The molecule has 4 atom stereocenters. The third kappa shape index (κ3) is 12.8. The van der Waals surface area contributed by atoms with Crippen LogP contribution in [0.5, 0.6) is 5.75 Å². The van der Waals surface area contributed by atoms with Crippen LogP contribution in [0.25, 0.3) is 0 Å². The zero-order valence-electron chi connectivity index (χ0n) is 24.5. The Labute approximate surface area is 251 Å². The molecule has 0 aliphatic heterocycles. The summed E-state index contributed by atoms with van der Waals surface area (Å²) in [6.45, 7) is 3.88. The third-order valence-electron chi connectivity index (χ3n) is 6.54. The number of nitrogens with two attached hydrogens (primary N) is 3. The maximum absolute atomic E-state index is 13.6. The highest BCUT2D eigenvalue weighted by molar-refractivity contribution is 5.94. The van der Waals surface area contributed by atoms with E-state index in [1.54, 1.807) is 36.4 Å². The fraction of sp³-hybridized carbons (Fsp3) is 0.433. The summed E-state index contributed by atoms with van der Waals surface area (Å²) in [7, 11) is 0. The highest BCUT2D eigenvalue weighted by Gasteiger charge is 2.30. The number of nitrogens with one attached hydrogen (secondary N) is 3. The summed E-state index contributed by atoms with van der Waals surface area (Å²) in [6.07, 6.45) is 0.899.